The average molecular weight is 414 g/mol. The number of hydrogen-bond donors (Lipinski definition) is 0. The first-order valence-electron chi connectivity index (χ1n) is 10.3. The summed E-state index contributed by atoms with van der Waals surface area (Å²) in [5, 5.41) is 0.699. The zero-order chi connectivity index (χ0) is 20.4. The number of amides is 1. The van der Waals surface area contributed by atoms with E-state index in [2.05, 4.69) is 9.88 Å². The Balaban J connectivity index is 1.68. The summed E-state index contributed by atoms with van der Waals surface area (Å²) in [6.45, 7) is 3.36. The molecule has 1 atom stereocenters. The van der Waals surface area contributed by atoms with Crippen molar-refractivity contribution in [1.82, 2.24) is 19.8 Å². The second kappa shape index (κ2) is 8.67. The Morgan fingerprint density at radius 2 is 1.86 bits per heavy atom. The lowest BCUT2D eigenvalue weighted by molar-refractivity contribution is -0.133. The number of carbonyl (C=O) groups is 1. The van der Waals surface area contributed by atoms with Crippen LogP contribution in [0.2, 0.25) is 5.02 Å². The Morgan fingerprint density at radius 1 is 1.14 bits per heavy atom. The zero-order valence-electron chi connectivity index (χ0n) is 17.1. The van der Waals surface area contributed by atoms with E-state index in [9.17, 15) is 4.79 Å². The first-order valence-corrected chi connectivity index (χ1v) is 10.7. The van der Waals surface area contributed by atoms with Gasteiger partial charge in [0.05, 0.1) is 18.3 Å². The number of nitrogens with zero attached hydrogens (tertiary/aromatic N) is 5. The van der Waals surface area contributed by atoms with E-state index >= 15 is 0 Å². The van der Waals surface area contributed by atoms with Crippen LogP contribution in [0, 0.1) is 0 Å². The highest BCUT2D eigenvalue weighted by Gasteiger charge is 2.34. The monoisotopic (exact) mass is 413 g/mol. The van der Waals surface area contributed by atoms with Gasteiger partial charge in [0, 0.05) is 37.4 Å². The van der Waals surface area contributed by atoms with Gasteiger partial charge in [0.2, 0.25) is 11.9 Å². The SMILES string of the molecule is CN(C)c1ncc(-c2ccc(Cl)cc2)c([C@@H]2CCCN2C(=O)CN2CCCC2)n1. The van der Waals surface area contributed by atoms with E-state index in [1.807, 2.05) is 54.4 Å². The van der Waals surface area contributed by atoms with Gasteiger partial charge in [-0.25, -0.2) is 9.97 Å². The number of carbonyl (C=O) groups excluding carboxylic acids is 1. The topological polar surface area (TPSA) is 52.6 Å². The molecule has 6 nitrogen and oxygen atoms in total. The van der Waals surface area contributed by atoms with Crippen LogP contribution in [0.4, 0.5) is 5.95 Å². The Labute approximate surface area is 177 Å². The largest absolute Gasteiger partial charge is 0.347 e. The minimum absolute atomic E-state index is 0.0162. The molecule has 0 N–H and O–H groups in total. The van der Waals surface area contributed by atoms with Crippen LogP contribution in [-0.2, 0) is 4.79 Å². The third-order valence-corrected chi connectivity index (χ3v) is 6.06. The van der Waals surface area contributed by atoms with E-state index < -0.39 is 0 Å². The predicted octanol–water partition coefficient (Wildman–Crippen LogP) is 3.62. The van der Waals surface area contributed by atoms with Gasteiger partial charge in [0.25, 0.3) is 0 Å². The van der Waals surface area contributed by atoms with Gasteiger partial charge in [-0.3, -0.25) is 9.69 Å². The van der Waals surface area contributed by atoms with E-state index in [1.54, 1.807) is 0 Å². The molecule has 0 aliphatic carbocycles. The van der Waals surface area contributed by atoms with Gasteiger partial charge in [0.15, 0.2) is 0 Å². The molecular weight excluding hydrogens is 386 g/mol. The van der Waals surface area contributed by atoms with Crippen LogP contribution >= 0.6 is 11.6 Å². The molecule has 0 spiro atoms. The molecule has 29 heavy (non-hydrogen) atoms. The third kappa shape index (κ3) is 4.38. The van der Waals surface area contributed by atoms with Gasteiger partial charge in [-0.05, 0) is 56.5 Å². The normalized spacial score (nSPS) is 19.7. The number of anilines is 1. The van der Waals surface area contributed by atoms with Gasteiger partial charge in [0.1, 0.15) is 0 Å². The van der Waals surface area contributed by atoms with Crippen molar-refractivity contribution in [2.45, 2.75) is 31.7 Å². The highest BCUT2D eigenvalue weighted by molar-refractivity contribution is 6.30. The van der Waals surface area contributed by atoms with E-state index in [0.29, 0.717) is 17.5 Å². The van der Waals surface area contributed by atoms with Crippen LogP contribution in [0.15, 0.2) is 30.5 Å². The van der Waals surface area contributed by atoms with Crippen molar-refractivity contribution in [3.63, 3.8) is 0 Å². The van der Waals surface area contributed by atoms with Crippen molar-refractivity contribution in [2.75, 3.05) is 45.2 Å². The van der Waals surface area contributed by atoms with Gasteiger partial charge in [-0.2, -0.15) is 0 Å². The lowest BCUT2D eigenvalue weighted by atomic mass is 10.00. The molecule has 0 saturated carbocycles. The molecule has 3 heterocycles. The number of rotatable bonds is 5. The molecule has 2 aromatic rings. The number of likely N-dealkylation sites (tertiary alicyclic amines) is 2. The summed E-state index contributed by atoms with van der Waals surface area (Å²) in [6, 6.07) is 7.73. The molecule has 154 valence electrons. The van der Waals surface area contributed by atoms with Crippen molar-refractivity contribution < 1.29 is 4.79 Å². The summed E-state index contributed by atoms with van der Waals surface area (Å²) < 4.78 is 0. The van der Waals surface area contributed by atoms with Crippen molar-refractivity contribution in [2.24, 2.45) is 0 Å². The molecule has 2 aliphatic rings. The fourth-order valence-electron chi connectivity index (χ4n) is 4.28. The van der Waals surface area contributed by atoms with E-state index in [1.165, 1.54) is 12.8 Å². The summed E-state index contributed by atoms with van der Waals surface area (Å²) in [7, 11) is 3.87. The van der Waals surface area contributed by atoms with E-state index in [4.69, 9.17) is 16.6 Å². The van der Waals surface area contributed by atoms with Gasteiger partial charge in [-0.1, -0.05) is 23.7 Å². The summed E-state index contributed by atoms with van der Waals surface area (Å²) in [5.74, 6) is 0.873. The number of hydrogen-bond acceptors (Lipinski definition) is 5. The summed E-state index contributed by atoms with van der Waals surface area (Å²) in [4.78, 5) is 28.7. The first kappa shape index (κ1) is 20.1. The Bertz CT molecular complexity index is 864. The van der Waals surface area contributed by atoms with E-state index in [0.717, 1.165) is 49.3 Å². The molecule has 1 amide bonds. The van der Waals surface area contributed by atoms with Crippen molar-refractivity contribution in [1.29, 1.82) is 0 Å². The fourth-order valence-corrected chi connectivity index (χ4v) is 4.40. The quantitative estimate of drug-likeness (QED) is 0.749. The van der Waals surface area contributed by atoms with Gasteiger partial charge < -0.3 is 9.80 Å². The molecule has 0 bridgehead atoms. The van der Waals surface area contributed by atoms with Crippen LogP contribution in [0.25, 0.3) is 11.1 Å². The second-order valence-electron chi connectivity index (χ2n) is 8.10. The van der Waals surface area contributed by atoms with Crippen LogP contribution in [-0.4, -0.2) is 65.9 Å². The molecular formula is C22H28ClN5O. The minimum Gasteiger partial charge on any atom is -0.347 e. The molecule has 2 aliphatic heterocycles. The minimum atomic E-state index is -0.0162. The van der Waals surface area contributed by atoms with Crippen molar-refractivity contribution in [3.8, 4) is 11.1 Å². The molecule has 2 saturated heterocycles. The lowest BCUT2D eigenvalue weighted by Crippen LogP contribution is -2.39. The molecule has 0 unspecified atom stereocenters. The highest BCUT2D eigenvalue weighted by atomic mass is 35.5. The second-order valence-corrected chi connectivity index (χ2v) is 8.54. The molecule has 4 rings (SSSR count). The lowest BCUT2D eigenvalue weighted by Gasteiger charge is -2.28. The van der Waals surface area contributed by atoms with Gasteiger partial charge >= 0.3 is 0 Å². The predicted molar refractivity (Wildman–Crippen MR) is 116 cm³/mol. The fraction of sp³-hybridized carbons (Fsp3) is 0.500. The summed E-state index contributed by atoms with van der Waals surface area (Å²) in [5.41, 5.74) is 2.92. The maximum absolute atomic E-state index is 13.1. The van der Waals surface area contributed by atoms with Crippen molar-refractivity contribution >= 4 is 23.5 Å². The Kier molecular flexibility index (Phi) is 6.01. The average Bonchev–Trinajstić information content (AvgIpc) is 3.40. The smallest absolute Gasteiger partial charge is 0.237 e. The maximum atomic E-state index is 13.1. The third-order valence-electron chi connectivity index (χ3n) is 5.81. The molecule has 0 radical (unpaired) electrons. The van der Waals surface area contributed by atoms with Crippen LogP contribution < -0.4 is 4.90 Å². The van der Waals surface area contributed by atoms with Gasteiger partial charge in [-0.15, -0.1) is 0 Å². The van der Waals surface area contributed by atoms with Crippen molar-refractivity contribution in [3.05, 3.63) is 41.2 Å². The van der Waals surface area contributed by atoms with Crippen LogP contribution in [0.1, 0.15) is 37.4 Å². The summed E-state index contributed by atoms with van der Waals surface area (Å²) in [6.07, 6.45) is 6.18. The molecule has 1 aromatic heterocycles. The molecule has 2 fully saturated rings. The number of aromatic nitrogens is 2. The molecule has 1 aromatic carbocycles. The Morgan fingerprint density at radius 3 is 2.55 bits per heavy atom. The first-order chi connectivity index (χ1) is 14.0. The zero-order valence-corrected chi connectivity index (χ0v) is 17.9. The number of halogens is 1. The summed E-state index contributed by atoms with van der Waals surface area (Å²) >= 11 is 6.08. The number of benzene rings is 1. The standard InChI is InChI=1S/C22H28ClN5O/c1-26(2)22-24-14-18(16-7-9-17(23)10-8-16)21(25-22)19-6-5-13-28(19)20(29)15-27-11-3-4-12-27/h7-10,14,19H,3-6,11-13,15H2,1-2H3/t19-/m0/s1. The van der Waals surface area contributed by atoms with Crippen LogP contribution in [0.5, 0.6) is 0 Å². The van der Waals surface area contributed by atoms with Crippen LogP contribution in [0.3, 0.4) is 0 Å². The highest BCUT2D eigenvalue weighted by Crippen LogP contribution is 2.37. The molecule has 7 heteroatoms. The Hall–Kier alpha value is -2.18. The van der Waals surface area contributed by atoms with E-state index in [-0.39, 0.29) is 11.9 Å². The maximum Gasteiger partial charge on any atom is 0.237 e.